The Hall–Kier alpha value is -2.22. The average Bonchev–Trinajstić information content (AvgIpc) is 2.69. The lowest BCUT2D eigenvalue weighted by molar-refractivity contribution is 0.0690. The molecule has 2 aromatic rings. The summed E-state index contributed by atoms with van der Waals surface area (Å²) in [5.41, 5.74) is 1.83. The molecule has 2 aromatic carbocycles. The van der Waals surface area contributed by atoms with Crippen molar-refractivity contribution in [3.63, 3.8) is 0 Å². The average molecular weight is 388 g/mol. The lowest BCUT2D eigenvalue weighted by Crippen LogP contribution is -2.38. The molecule has 1 fully saturated rings. The maximum absolute atomic E-state index is 12.7. The molecule has 1 aliphatic rings. The molecular formula is C20H24N2O4S. The highest BCUT2D eigenvalue weighted by atomic mass is 32.2. The van der Waals surface area contributed by atoms with Gasteiger partial charge in [-0.1, -0.05) is 35.2 Å². The number of amides is 1. The smallest absolute Gasteiger partial charge is 0.262 e. The van der Waals surface area contributed by atoms with Crippen LogP contribution in [0.5, 0.6) is 0 Å². The second-order valence-corrected chi connectivity index (χ2v) is 8.39. The van der Waals surface area contributed by atoms with Gasteiger partial charge < -0.3 is 4.90 Å². The summed E-state index contributed by atoms with van der Waals surface area (Å²) >= 11 is 0. The van der Waals surface area contributed by atoms with Crippen LogP contribution in [0.2, 0.25) is 0 Å². The standard InChI is InChI=1S/C20H24N2O4S/c1-26-21-27(24,25)19-9-7-18(8-10-19)20(23)22-13-11-17(12-14-22)15-16-5-3-2-4-6-16/h2-10,17,21H,11-15H2,1H3. The third kappa shape index (κ3) is 4.94. The van der Waals surface area contributed by atoms with E-state index in [0.717, 1.165) is 32.4 Å². The van der Waals surface area contributed by atoms with Crippen LogP contribution in [0, 0.1) is 5.92 Å². The molecule has 0 saturated carbocycles. The second kappa shape index (κ2) is 8.65. The van der Waals surface area contributed by atoms with Crippen molar-refractivity contribution in [3.05, 3.63) is 65.7 Å². The van der Waals surface area contributed by atoms with Crippen LogP contribution in [-0.2, 0) is 21.3 Å². The highest BCUT2D eigenvalue weighted by Gasteiger charge is 2.24. The highest BCUT2D eigenvalue weighted by Crippen LogP contribution is 2.23. The van der Waals surface area contributed by atoms with E-state index in [2.05, 4.69) is 29.1 Å². The van der Waals surface area contributed by atoms with Gasteiger partial charge in [-0.2, -0.15) is 0 Å². The summed E-state index contributed by atoms with van der Waals surface area (Å²) < 4.78 is 23.7. The normalized spacial score (nSPS) is 15.7. The molecular weight excluding hydrogens is 364 g/mol. The zero-order chi connectivity index (χ0) is 19.3. The lowest BCUT2D eigenvalue weighted by Gasteiger charge is -2.32. The molecule has 1 N–H and O–H groups in total. The number of carbonyl (C=O) groups excluding carboxylic acids is 1. The van der Waals surface area contributed by atoms with Crippen molar-refractivity contribution in [1.82, 2.24) is 9.79 Å². The molecule has 0 unspecified atom stereocenters. The predicted octanol–water partition coefficient (Wildman–Crippen LogP) is 2.62. The SMILES string of the molecule is CONS(=O)(=O)c1ccc(C(=O)N2CCC(Cc3ccccc3)CC2)cc1. The third-order valence-electron chi connectivity index (χ3n) is 4.87. The molecule has 1 amide bonds. The number of rotatable bonds is 6. The van der Waals surface area contributed by atoms with E-state index in [0.29, 0.717) is 11.5 Å². The molecule has 0 radical (unpaired) electrons. The Kier molecular flexibility index (Phi) is 6.26. The minimum atomic E-state index is -3.71. The van der Waals surface area contributed by atoms with Gasteiger partial charge in [0.2, 0.25) is 0 Å². The molecule has 0 aliphatic carbocycles. The number of nitrogens with one attached hydrogen (secondary N) is 1. The van der Waals surface area contributed by atoms with Gasteiger partial charge in [0, 0.05) is 18.7 Å². The van der Waals surface area contributed by atoms with Crippen molar-refractivity contribution < 1.29 is 18.0 Å². The summed E-state index contributed by atoms with van der Waals surface area (Å²) in [5, 5.41) is 0. The molecule has 0 atom stereocenters. The predicted molar refractivity (Wildman–Crippen MR) is 103 cm³/mol. The Bertz CT molecular complexity index is 859. The van der Waals surface area contributed by atoms with Gasteiger partial charge in [-0.25, -0.2) is 8.42 Å². The quantitative estimate of drug-likeness (QED) is 0.772. The van der Waals surface area contributed by atoms with Gasteiger partial charge in [0.25, 0.3) is 15.9 Å². The number of hydrogen-bond donors (Lipinski definition) is 1. The summed E-state index contributed by atoms with van der Waals surface area (Å²) in [6.45, 7) is 1.45. The molecule has 144 valence electrons. The van der Waals surface area contributed by atoms with Crippen LogP contribution in [0.3, 0.4) is 0 Å². The number of benzene rings is 2. The minimum Gasteiger partial charge on any atom is -0.339 e. The fourth-order valence-corrected chi connectivity index (χ4v) is 4.21. The van der Waals surface area contributed by atoms with Gasteiger partial charge in [0.1, 0.15) is 0 Å². The first-order valence-corrected chi connectivity index (χ1v) is 10.5. The number of carbonyl (C=O) groups is 1. The number of nitrogens with zero attached hydrogens (tertiary/aromatic N) is 1. The van der Waals surface area contributed by atoms with Crippen molar-refractivity contribution >= 4 is 15.9 Å². The number of hydrogen-bond acceptors (Lipinski definition) is 4. The molecule has 1 heterocycles. The lowest BCUT2D eigenvalue weighted by atomic mass is 9.90. The van der Waals surface area contributed by atoms with Crippen LogP contribution in [0.1, 0.15) is 28.8 Å². The Balaban J connectivity index is 1.57. The van der Waals surface area contributed by atoms with Gasteiger partial charge in [0.15, 0.2) is 0 Å². The molecule has 0 aromatic heterocycles. The van der Waals surface area contributed by atoms with Crippen LogP contribution in [0.25, 0.3) is 0 Å². The van der Waals surface area contributed by atoms with Gasteiger partial charge in [-0.05, 0) is 55.0 Å². The maximum atomic E-state index is 12.7. The van der Waals surface area contributed by atoms with Crippen LogP contribution in [-0.4, -0.2) is 39.4 Å². The monoisotopic (exact) mass is 388 g/mol. The second-order valence-electron chi connectivity index (χ2n) is 6.74. The fourth-order valence-electron chi connectivity index (χ4n) is 3.40. The molecule has 1 saturated heterocycles. The summed E-state index contributed by atoms with van der Waals surface area (Å²) in [6, 6.07) is 16.3. The van der Waals surface area contributed by atoms with Gasteiger partial charge in [-0.3, -0.25) is 9.63 Å². The first-order chi connectivity index (χ1) is 13.0. The van der Waals surface area contributed by atoms with Crippen molar-refractivity contribution in [2.24, 2.45) is 5.92 Å². The van der Waals surface area contributed by atoms with Gasteiger partial charge in [0.05, 0.1) is 12.0 Å². The maximum Gasteiger partial charge on any atom is 0.262 e. The van der Waals surface area contributed by atoms with Crippen molar-refractivity contribution in [2.45, 2.75) is 24.2 Å². The van der Waals surface area contributed by atoms with Crippen molar-refractivity contribution in [1.29, 1.82) is 0 Å². The van der Waals surface area contributed by atoms with Gasteiger partial charge >= 0.3 is 0 Å². The van der Waals surface area contributed by atoms with Crippen molar-refractivity contribution in [3.8, 4) is 0 Å². The Labute approximate surface area is 160 Å². The van der Waals surface area contributed by atoms with E-state index in [4.69, 9.17) is 0 Å². The molecule has 0 bridgehead atoms. The minimum absolute atomic E-state index is 0.0578. The third-order valence-corrected chi connectivity index (χ3v) is 6.15. The Morgan fingerprint density at radius 2 is 1.70 bits per heavy atom. The largest absolute Gasteiger partial charge is 0.339 e. The first kappa shape index (κ1) is 19.5. The highest BCUT2D eigenvalue weighted by molar-refractivity contribution is 7.89. The number of sulfonamides is 1. The fraction of sp³-hybridized carbons (Fsp3) is 0.350. The summed E-state index contributed by atoms with van der Waals surface area (Å²) in [5.74, 6) is 0.529. The van der Waals surface area contributed by atoms with E-state index >= 15 is 0 Å². The molecule has 7 heteroatoms. The molecule has 0 spiro atoms. The van der Waals surface area contributed by atoms with Crippen LogP contribution < -0.4 is 4.89 Å². The van der Waals surface area contributed by atoms with Crippen molar-refractivity contribution in [2.75, 3.05) is 20.2 Å². The Morgan fingerprint density at radius 1 is 1.07 bits per heavy atom. The molecule has 6 nitrogen and oxygen atoms in total. The zero-order valence-corrected chi connectivity index (χ0v) is 16.1. The topological polar surface area (TPSA) is 75.7 Å². The summed E-state index contributed by atoms with van der Waals surface area (Å²) in [4.78, 5) is 21.0. The van der Waals surface area contributed by atoms with E-state index in [1.165, 1.54) is 24.8 Å². The van der Waals surface area contributed by atoms with Crippen LogP contribution >= 0.6 is 0 Å². The summed E-state index contributed by atoms with van der Waals surface area (Å²) in [6.07, 6.45) is 3.00. The number of likely N-dealkylation sites (tertiary alicyclic amines) is 1. The summed E-state index contributed by atoms with van der Waals surface area (Å²) in [7, 11) is -2.48. The van der Waals surface area contributed by atoms with Crippen LogP contribution in [0.4, 0.5) is 0 Å². The number of piperidine rings is 1. The van der Waals surface area contributed by atoms with E-state index < -0.39 is 10.0 Å². The Morgan fingerprint density at radius 3 is 2.30 bits per heavy atom. The first-order valence-electron chi connectivity index (χ1n) is 8.97. The molecule has 1 aliphatic heterocycles. The van der Waals surface area contributed by atoms with E-state index in [-0.39, 0.29) is 10.8 Å². The van der Waals surface area contributed by atoms with E-state index in [1.54, 1.807) is 12.1 Å². The molecule has 27 heavy (non-hydrogen) atoms. The molecule has 3 rings (SSSR count). The van der Waals surface area contributed by atoms with E-state index in [1.807, 2.05) is 15.9 Å². The zero-order valence-electron chi connectivity index (χ0n) is 15.3. The van der Waals surface area contributed by atoms with Crippen LogP contribution in [0.15, 0.2) is 59.5 Å². The van der Waals surface area contributed by atoms with Gasteiger partial charge in [-0.15, -0.1) is 0 Å². The van der Waals surface area contributed by atoms with E-state index in [9.17, 15) is 13.2 Å².